The second-order valence-corrected chi connectivity index (χ2v) is 21.3. The number of aliphatic imine (C=N–C) groups is 1. The van der Waals surface area contributed by atoms with Gasteiger partial charge in [0.1, 0.15) is 4.90 Å². The van der Waals surface area contributed by atoms with Crippen molar-refractivity contribution in [2.75, 3.05) is 25.1 Å². The number of sulfonamides is 1. The summed E-state index contributed by atoms with van der Waals surface area (Å²) in [6.07, 6.45) is 14.8. The van der Waals surface area contributed by atoms with Crippen molar-refractivity contribution in [1.29, 1.82) is 0 Å². The zero-order valence-corrected chi connectivity index (χ0v) is 37.0. The number of anilines is 1. The molecule has 0 spiro atoms. The van der Waals surface area contributed by atoms with Crippen LogP contribution >= 0.6 is 11.8 Å². The van der Waals surface area contributed by atoms with Crippen LogP contribution in [-0.4, -0.2) is 77.5 Å². The number of hydrogen-bond acceptors (Lipinski definition) is 9. The first-order valence-electron chi connectivity index (χ1n) is 21.6. The summed E-state index contributed by atoms with van der Waals surface area (Å²) in [6, 6.07) is 12.0. The smallest absolute Gasteiger partial charge is 0.418 e. The summed E-state index contributed by atoms with van der Waals surface area (Å²) >= 11 is 1.74. The molecule has 7 rings (SSSR count). The number of nitrogens with zero attached hydrogens (tertiary/aromatic N) is 3. The lowest BCUT2D eigenvalue weighted by atomic mass is 9.45. The largest absolute Gasteiger partial charge is 0.433 e. The van der Waals surface area contributed by atoms with E-state index in [-0.39, 0.29) is 39.7 Å². The summed E-state index contributed by atoms with van der Waals surface area (Å²) in [5.74, 6) is -0.560. The monoisotopic (exact) mass is 836 g/mol. The van der Waals surface area contributed by atoms with Crippen molar-refractivity contribution in [2.24, 2.45) is 22.2 Å². The van der Waals surface area contributed by atoms with Crippen LogP contribution in [0.5, 0.6) is 0 Å². The molecule has 4 atom stereocenters. The molecule has 2 heterocycles. The molecule has 3 saturated carbocycles. The molecular weight excluding hydrogens is 773 g/mol. The van der Waals surface area contributed by atoms with Crippen LogP contribution in [0.2, 0.25) is 0 Å². The van der Waals surface area contributed by atoms with E-state index < -0.39 is 39.6 Å². The molecule has 3 aliphatic carbocycles. The number of amides is 3. The summed E-state index contributed by atoms with van der Waals surface area (Å²) in [4.78, 5) is 48.6. The number of nitrogens with one attached hydrogen (secondary N) is 1. The average Bonchev–Trinajstić information content (AvgIpc) is 3.37. The SMILES string of the molecule is CCCCCCCCCCCCOCCCN1C(C(C(=O)Nc2ccccc2SC2(C)CCC3CC2C3(C)C)N2C(=O)OC(C)(C)C2=O)=Nc2ccccc2S1(=O)=O. The van der Waals surface area contributed by atoms with Crippen molar-refractivity contribution in [3.63, 3.8) is 0 Å². The molecule has 13 heteroatoms. The van der Waals surface area contributed by atoms with Crippen molar-refractivity contribution in [2.45, 2.75) is 158 Å². The van der Waals surface area contributed by atoms with Crippen LogP contribution in [0.3, 0.4) is 0 Å². The number of imide groups is 1. The molecule has 3 amide bonds. The lowest BCUT2D eigenvalue weighted by Gasteiger charge is -2.64. The van der Waals surface area contributed by atoms with Gasteiger partial charge in [-0.15, -0.1) is 11.8 Å². The number of amidine groups is 1. The Bertz CT molecular complexity index is 1950. The summed E-state index contributed by atoms with van der Waals surface area (Å²) in [5.41, 5.74) is -0.722. The van der Waals surface area contributed by atoms with Crippen molar-refractivity contribution >= 4 is 56.9 Å². The molecule has 58 heavy (non-hydrogen) atoms. The van der Waals surface area contributed by atoms with Crippen LogP contribution < -0.4 is 5.32 Å². The Hall–Kier alpha value is -3.42. The predicted molar refractivity (Wildman–Crippen MR) is 230 cm³/mol. The van der Waals surface area contributed by atoms with Gasteiger partial charge in [0.2, 0.25) is 0 Å². The third-order valence-electron chi connectivity index (χ3n) is 12.9. The maximum atomic E-state index is 14.8. The fourth-order valence-corrected chi connectivity index (χ4v) is 12.7. The Kier molecular flexibility index (Phi) is 14.0. The van der Waals surface area contributed by atoms with Crippen molar-refractivity contribution in [1.82, 2.24) is 9.21 Å². The van der Waals surface area contributed by atoms with Crippen LogP contribution in [0.1, 0.15) is 131 Å². The number of para-hydroxylation sites is 2. The van der Waals surface area contributed by atoms with Crippen LogP contribution in [0, 0.1) is 17.3 Å². The Morgan fingerprint density at radius 1 is 0.914 bits per heavy atom. The van der Waals surface area contributed by atoms with E-state index in [0.29, 0.717) is 24.6 Å². The van der Waals surface area contributed by atoms with Crippen LogP contribution in [0.4, 0.5) is 16.2 Å². The topological polar surface area (TPSA) is 135 Å². The average molecular weight is 837 g/mol. The molecule has 2 aliphatic heterocycles. The molecular formula is C45H64N4O7S2. The van der Waals surface area contributed by atoms with Gasteiger partial charge in [-0.2, -0.15) is 0 Å². The van der Waals surface area contributed by atoms with E-state index in [0.717, 1.165) is 45.7 Å². The van der Waals surface area contributed by atoms with E-state index in [1.807, 2.05) is 18.2 Å². The third-order valence-corrected chi connectivity index (χ3v) is 16.3. The Labute approximate surface area is 350 Å². The quantitative estimate of drug-likeness (QED) is 0.123. The first-order chi connectivity index (χ1) is 27.6. The van der Waals surface area contributed by atoms with Gasteiger partial charge < -0.3 is 14.8 Å². The maximum Gasteiger partial charge on any atom is 0.418 e. The Morgan fingerprint density at radius 2 is 1.55 bits per heavy atom. The summed E-state index contributed by atoms with van der Waals surface area (Å²) < 4.78 is 41.3. The maximum absolute atomic E-state index is 14.8. The first kappa shape index (κ1) is 44.1. The van der Waals surface area contributed by atoms with Crippen molar-refractivity contribution in [3.05, 3.63) is 48.5 Å². The van der Waals surface area contributed by atoms with Gasteiger partial charge in [0.25, 0.3) is 21.8 Å². The molecule has 5 aliphatic rings. The molecule has 11 nitrogen and oxygen atoms in total. The number of carbonyl (C=O) groups is 3. The molecule has 1 N–H and O–H groups in total. The van der Waals surface area contributed by atoms with Crippen LogP contribution in [0.25, 0.3) is 0 Å². The minimum absolute atomic E-state index is 0.0246. The highest BCUT2D eigenvalue weighted by molar-refractivity contribution is 8.00. The highest BCUT2D eigenvalue weighted by Crippen LogP contribution is 2.67. The summed E-state index contributed by atoms with van der Waals surface area (Å²) in [6.45, 7) is 12.9. The van der Waals surface area contributed by atoms with E-state index in [1.165, 1.54) is 77.7 Å². The van der Waals surface area contributed by atoms with Gasteiger partial charge in [0, 0.05) is 29.4 Å². The zero-order valence-electron chi connectivity index (χ0n) is 35.4. The number of hydrogen-bond donors (Lipinski definition) is 1. The lowest BCUT2D eigenvalue weighted by Crippen LogP contribution is -2.59. The molecule has 0 aromatic heterocycles. The number of cyclic esters (lactones) is 1. The minimum Gasteiger partial charge on any atom is -0.433 e. The minimum atomic E-state index is -4.27. The highest BCUT2D eigenvalue weighted by atomic mass is 32.2. The van der Waals surface area contributed by atoms with Gasteiger partial charge in [-0.05, 0) is 94.4 Å². The number of thioether (sulfide) groups is 1. The van der Waals surface area contributed by atoms with E-state index in [2.05, 4.69) is 33.0 Å². The van der Waals surface area contributed by atoms with Gasteiger partial charge in [0.05, 0.1) is 11.4 Å². The Morgan fingerprint density at radius 3 is 2.21 bits per heavy atom. The predicted octanol–water partition coefficient (Wildman–Crippen LogP) is 10.1. The molecule has 1 saturated heterocycles. The van der Waals surface area contributed by atoms with E-state index in [9.17, 15) is 22.8 Å². The van der Waals surface area contributed by atoms with Gasteiger partial charge in [-0.1, -0.05) is 103 Å². The number of rotatable bonds is 21. The molecule has 4 unspecified atom stereocenters. The molecule has 2 aromatic carbocycles. The number of fused-ring (bicyclic) bond motifs is 3. The molecule has 4 fully saturated rings. The fourth-order valence-electron chi connectivity index (χ4n) is 9.39. The van der Waals surface area contributed by atoms with Gasteiger partial charge in [0.15, 0.2) is 17.5 Å². The molecule has 0 radical (unpaired) electrons. The van der Waals surface area contributed by atoms with Crippen LogP contribution in [-0.2, 0) is 29.1 Å². The number of ether oxygens (including phenoxy) is 2. The van der Waals surface area contributed by atoms with Crippen molar-refractivity contribution in [3.8, 4) is 0 Å². The van der Waals surface area contributed by atoms with E-state index >= 15 is 0 Å². The number of benzene rings is 2. The van der Waals surface area contributed by atoms with Gasteiger partial charge in [-0.25, -0.2) is 23.1 Å². The Balaban J connectivity index is 1.21. The van der Waals surface area contributed by atoms with Gasteiger partial charge >= 0.3 is 6.09 Å². The van der Waals surface area contributed by atoms with Crippen LogP contribution in [0.15, 0.2) is 63.3 Å². The molecule has 2 aromatic rings. The lowest BCUT2D eigenvalue weighted by molar-refractivity contribution is -0.137. The third kappa shape index (κ3) is 9.31. The highest BCUT2D eigenvalue weighted by Gasteiger charge is 2.60. The van der Waals surface area contributed by atoms with E-state index in [1.54, 1.807) is 36.0 Å². The van der Waals surface area contributed by atoms with Crippen molar-refractivity contribution < 1.29 is 32.3 Å². The normalized spacial score (nSPS) is 24.4. The first-order valence-corrected chi connectivity index (χ1v) is 23.8. The summed E-state index contributed by atoms with van der Waals surface area (Å²) in [5, 5.41) is 3.01. The second kappa shape index (κ2) is 18.5. The number of carbonyl (C=O) groups excluding carboxylic acids is 3. The van der Waals surface area contributed by atoms with Gasteiger partial charge in [-0.3, -0.25) is 13.9 Å². The molecule has 2 bridgehead atoms. The fraction of sp³-hybridized carbons (Fsp3) is 0.644. The van der Waals surface area contributed by atoms with E-state index in [4.69, 9.17) is 14.5 Å². The second-order valence-electron chi connectivity index (χ2n) is 17.9. The number of unbranched alkanes of at least 4 members (excludes halogenated alkanes) is 9. The standard InChI is InChI=1S/C45H64N4O7S2/c1-7-8-9-10-11-12-13-14-15-20-29-55-30-21-28-48-39(46-34-23-17-19-25-36(34)58(48,53)54)38(49-41(51)44(4,5)56-42(49)52)40(50)47-33-22-16-18-24-35(33)57-45(6)27-26-32-31-37(45)43(32,2)3/h16-19,22-25,32,37-38H,7-15,20-21,26-31H2,1-6H3,(H,47,50). The zero-order chi connectivity index (χ0) is 41.7. The molecule has 318 valence electrons. The summed E-state index contributed by atoms with van der Waals surface area (Å²) in [7, 11) is -4.27.